The van der Waals surface area contributed by atoms with Crippen LogP contribution in [0.25, 0.3) is 0 Å². The van der Waals surface area contributed by atoms with Gasteiger partial charge in [0.2, 0.25) is 5.91 Å². The molecule has 0 aliphatic heterocycles. The first-order valence-corrected chi connectivity index (χ1v) is 9.61. The molecule has 0 spiro atoms. The lowest BCUT2D eigenvalue weighted by molar-refractivity contribution is -0.114. The normalized spacial score (nSPS) is 10.2. The van der Waals surface area contributed by atoms with Gasteiger partial charge in [-0.05, 0) is 54.1 Å². The molecule has 142 valence electrons. The fourth-order valence-corrected chi connectivity index (χ4v) is 2.80. The molecule has 28 heavy (non-hydrogen) atoms. The summed E-state index contributed by atoms with van der Waals surface area (Å²) in [4.78, 5) is 24.3. The van der Waals surface area contributed by atoms with Crippen LogP contribution < -0.4 is 16.0 Å². The van der Waals surface area contributed by atoms with Gasteiger partial charge >= 0.3 is 0 Å². The minimum atomic E-state index is -0.163. The Morgan fingerprint density at radius 1 is 0.786 bits per heavy atom. The van der Waals surface area contributed by atoms with Gasteiger partial charge in [0.05, 0.1) is 6.54 Å². The Morgan fingerprint density at radius 2 is 1.43 bits per heavy atom. The predicted molar refractivity (Wildman–Crippen MR) is 115 cm³/mol. The van der Waals surface area contributed by atoms with Crippen LogP contribution in [0.5, 0.6) is 0 Å². The molecule has 3 N–H and O–H groups in total. The number of anilines is 2. The Morgan fingerprint density at radius 3 is 2.11 bits per heavy atom. The summed E-state index contributed by atoms with van der Waals surface area (Å²) in [6.07, 6.45) is 0. The Bertz CT molecular complexity index is 926. The molecule has 0 saturated carbocycles. The average molecular weight is 438 g/mol. The zero-order valence-electron chi connectivity index (χ0n) is 15.1. The van der Waals surface area contributed by atoms with Gasteiger partial charge < -0.3 is 16.0 Å². The van der Waals surface area contributed by atoms with Crippen molar-refractivity contribution < 1.29 is 9.59 Å². The first kappa shape index (κ1) is 19.6. The van der Waals surface area contributed by atoms with Crippen molar-refractivity contribution in [2.45, 2.75) is 6.54 Å². The highest BCUT2D eigenvalue weighted by Crippen LogP contribution is 2.14. The van der Waals surface area contributed by atoms with Crippen molar-refractivity contribution in [3.63, 3.8) is 0 Å². The van der Waals surface area contributed by atoms with E-state index >= 15 is 0 Å². The van der Waals surface area contributed by atoms with Crippen LogP contribution in [0.4, 0.5) is 11.4 Å². The van der Waals surface area contributed by atoms with Crippen LogP contribution in [-0.2, 0) is 11.3 Å². The van der Waals surface area contributed by atoms with E-state index in [-0.39, 0.29) is 18.4 Å². The zero-order chi connectivity index (χ0) is 19.8. The third-order valence-corrected chi connectivity index (χ3v) is 4.55. The number of amides is 2. The van der Waals surface area contributed by atoms with E-state index in [0.29, 0.717) is 17.8 Å². The Labute approximate surface area is 172 Å². The molecule has 3 aromatic rings. The molecular formula is C22H20BrN3O2. The van der Waals surface area contributed by atoms with E-state index < -0.39 is 0 Å². The van der Waals surface area contributed by atoms with Crippen LogP contribution in [0.15, 0.2) is 83.3 Å². The van der Waals surface area contributed by atoms with Crippen molar-refractivity contribution in [1.82, 2.24) is 5.32 Å². The highest BCUT2D eigenvalue weighted by Gasteiger charge is 2.07. The monoisotopic (exact) mass is 437 g/mol. The number of nitrogens with one attached hydrogen (secondary N) is 3. The lowest BCUT2D eigenvalue weighted by Crippen LogP contribution is -2.23. The lowest BCUT2D eigenvalue weighted by atomic mass is 10.1. The van der Waals surface area contributed by atoms with Crippen LogP contribution in [0.2, 0.25) is 0 Å². The standard InChI is InChI=1S/C22H20BrN3O2/c23-18-8-12-19(13-9-18)24-15-21(27)26-20-10-6-17(7-11-20)22(28)25-14-16-4-2-1-3-5-16/h1-13,24H,14-15H2,(H,25,28)(H,26,27). The molecule has 5 nitrogen and oxygen atoms in total. The highest BCUT2D eigenvalue weighted by atomic mass is 79.9. The van der Waals surface area contributed by atoms with Crippen LogP contribution in [0.1, 0.15) is 15.9 Å². The SMILES string of the molecule is O=C(CNc1ccc(Br)cc1)Nc1ccc(C(=O)NCc2ccccc2)cc1. The molecule has 0 fully saturated rings. The molecule has 0 aliphatic rings. The van der Waals surface area contributed by atoms with Crippen LogP contribution in [-0.4, -0.2) is 18.4 Å². The summed E-state index contributed by atoms with van der Waals surface area (Å²) in [5.41, 5.74) is 3.09. The third-order valence-electron chi connectivity index (χ3n) is 4.02. The van der Waals surface area contributed by atoms with E-state index in [9.17, 15) is 9.59 Å². The van der Waals surface area contributed by atoms with Crippen molar-refractivity contribution in [3.8, 4) is 0 Å². The second-order valence-corrected chi connectivity index (χ2v) is 7.07. The van der Waals surface area contributed by atoms with Crippen molar-refractivity contribution in [2.75, 3.05) is 17.2 Å². The van der Waals surface area contributed by atoms with Crippen molar-refractivity contribution in [3.05, 3.63) is 94.5 Å². The summed E-state index contributed by atoms with van der Waals surface area (Å²) in [6, 6.07) is 24.1. The van der Waals surface area contributed by atoms with Gasteiger partial charge in [-0.3, -0.25) is 9.59 Å². The predicted octanol–water partition coefficient (Wildman–Crippen LogP) is 4.43. The molecule has 0 radical (unpaired) electrons. The Hall–Kier alpha value is -3.12. The molecule has 3 aromatic carbocycles. The number of hydrogen-bond acceptors (Lipinski definition) is 3. The molecule has 2 amide bonds. The first-order chi connectivity index (χ1) is 13.6. The van der Waals surface area contributed by atoms with Crippen molar-refractivity contribution >= 4 is 39.1 Å². The van der Waals surface area contributed by atoms with Gasteiger partial charge in [0.15, 0.2) is 0 Å². The maximum Gasteiger partial charge on any atom is 0.251 e. The second-order valence-electron chi connectivity index (χ2n) is 6.15. The van der Waals surface area contributed by atoms with E-state index in [1.54, 1.807) is 24.3 Å². The number of carbonyl (C=O) groups is 2. The van der Waals surface area contributed by atoms with Crippen molar-refractivity contribution in [1.29, 1.82) is 0 Å². The van der Waals surface area contributed by atoms with E-state index in [2.05, 4.69) is 31.9 Å². The highest BCUT2D eigenvalue weighted by molar-refractivity contribution is 9.10. The van der Waals surface area contributed by atoms with E-state index in [1.165, 1.54) is 0 Å². The quantitative estimate of drug-likeness (QED) is 0.511. The third kappa shape index (κ3) is 5.96. The summed E-state index contributed by atoms with van der Waals surface area (Å²) in [5.74, 6) is -0.317. The molecule has 0 atom stereocenters. The fraction of sp³-hybridized carbons (Fsp3) is 0.0909. The summed E-state index contributed by atoms with van der Waals surface area (Å²) < 4.78 is 0.982. The molecular weight excluding hydrogens is 418 g/mol. The van der Waals surface area contributed by atoms with Gasteiger partial charge in [0.25, 0.3) is 5.91 Å². The smallest absolute Gasteiger partial charge is 0.251 e. The minimum Gasteiger partial charge on any atom is -0.376 e. The van der Waals surface area contributed by atoms with Gasteiger partial charge in [-0.25, -0.2) is 0 Å². The molecule has 0 saturated heterocycles. The van der Waals surface area contributed by atoms with E-state index in [1.807, 2.05) is 54.6 Å². The number of benzene rings is 3. The number of carbonyl (C=O) groups excluding carboxylic acids is 2. The van der Waals surface area contributed by atoms with Crippen molar-refractivity contribution in [2.24, 2.45) is 0 Å². The molecule has 6 heteroatoms. The molecule has 3 rings (SSSR count). The minimum absolute atomic E-state index is 0.154. The van der Waals surface area contributed by atoms with Gasteiger partial charge in [0, 0.05) is 28.0 Å². The van der Waals surface area contributed by atoms with Gasteiger partial charge in [0.1, 0.15) is 0 Å². The Balaban J connectivity index is 1.47. The zero-order valence-corrected chi connectivity index (χ0v) is 16.7. The van der Waals surface area contributed by atoms with Gasteiger partial charge in [-0.2, -0.15) is 0 Å². The van der Waals surface area contributed by atoms with E-state index in [0.717, 1.165) is 15.7 Å². The maximum atomic E-state index is 12.2. The molecule has 0 aliphatic carbocycles. The van der Waals surface area contributed by atoms with Crippen LogP contribution >= 0.6 is 15.9 Å². The number of rotatable bonds is 7. The first-order valence-electron chi connectivity index (χ1n) is 8.81. The largest absolute Gasteiger partial charge is 0.376 e. The van der Waals surface area contributed by atoms with Crippen LogP contribution in [0, 0.1) is 0 Å². The Kier molecular flexibility index (Phi) is 6.81. The molecule has 0 aromatic heterocycles. The topological polar surface area (TPSA) is 70.2 Å². The maximum absolute atomic E-state index is 12.2. The number of halogens is 1. The molecule has 0 heterocycles. The number of hydrogen-bond donors (Lipinski definition) is 3. The van der Waals surface area contributed by atoms with E-state index in [4.69, 9.17) is 0 Å². The van der Waals surface area contributed by atoms with Crippen LogP contribution in [0.3, 0.4) is 0 Å². The summed E-state index contributed by atoms with van der Waals surface area (Å²) in [6.45, 7) is 0.626. The average Bonchev–Trinajstić information content (AvgIpc) is 2.73. The summed E-state index contributed by atoms with van der Waals surface area (Å²) >= 11 is 3.37. The summed E-state index contributed by atoms with van der Waals surface area (Å²) in [7, 11) is 0. The summed E-state index contributed by atoms with van der Waals surface area (Å²) in [5, 5.41) is 8.74. The molecule has 0 unspecified atom stereocenters. The van der Waals surface area contributed by atoms with Gasteiger partial charge in [-0.1, -0.05) is 46.3 Å². The molecule has 0 bridgehead atoms. The van der Waals surface area contributed by atoms with Gasteiger partial charge in [-0.15, -0.1) is 0 Å². The fourth-order valence-electron chi connectivity index (χ4n) is 2.54. The second kappa shape index (κ2) is 9.71. The lowest BCUT2D eigenvalue weighted by Gasteiger charge is -2.09.